The Morgan fingerprint density at radius 3 is 1.64 bits per heavy atom. The van der Waals surface area contributed by atoms with E-state index in [9.17, 15) is 14.7 Å². The molecule has 2 aromatic rings. The van der Waals surface area contributed by atoms with Crippen molar-refractivity contribution in [1.29, 1.82) is 0 Å². The second kappa shape index (κ2) is 7.09. The number of esters is 1. The molecule has 3 rings (SSSR count). The lowest BCUT2D eigenvalue weighted by atomic mass is 9.52. The van der Waals surface area contributed by atoms with Gasteiger partial charge < -0.3 is 9.84 Å². The molecule has 4 heteroatoms. The average molecular weight is 338 g/mol. The number of aliphatic carboxylic acids is 1. The van der Waals surface area contributed by atoms with Crippen molar-refractivity contribution in [3.8, 4) is 0 Å². The third-order valence-corrected chi connectivity index (χ3v) is 4.83. The summed E-state index contributed by atoms with van der Waals surface area (Å²) in [7, 11) is 0. The van der Waals surface area contributed by atoms with E-state index in [1.54, 1.807) is 13.8 Å². The molecule has 1 fully saturated rings. The fourth-order valence-corrected chi connectivity index (χ4v) is 3.84. The van der Waals surface area contributed by atoms with Gasteiger partial charge in [-0.25, -0.2) is 0 Å². The van der Waals surface area contributed by atoms with Gasteiger partial charge in [0.05, 0.1) is 17.9 Å². The van der Waals surface area contributed by atoms with Crippen LogP contribution in [0.2, 0.25) is 0 Å². The molecule has 130 valence electrons. The number of hydrogen-bond donors (Lipinski definition) is 1. The monoisotopic (exact) mass is 338 g/mol. The standard InChI is InChI=1S/C21H22O4/c1-13(2)25-21(24)19-16(14-9-5-3-6-10-14)18(20(22)23)17(19)15-11-7-4-8-12-15/h3-13,16-19H,1-2H3,(H,22,23)/t16-,17-,18?,19?/m1/s1. The number of carboxylic acids is 1. The molecule has 0 amide bonds. The molecule has 0 saturated heterocycles. The molecule has 0 spiro atoms. The van der Waals surface area contributed by atoms with Gasteiger partial charge in [-0.3, -0.25) is 9.59 Å². The average Bonchev–Trinajstić information content (AvgIpc) is 2.55. The van der Waals surface area contributed by atoms with Gasteiger partial charge in [0, 0.05) is 11.8 Å². The largest absolute Gasteiger partial charge is 0.481 e. The Labute approximate surface area is 147 Å². The summed E-state index contributed by atoms with van der Waals surface area (Å²) >= 11 is 0. The summed E-state index contributed by atoms with van der Waals surface area (Å²) in [6.45, 7) is 3.61. The second-order valence-electron chi connectivity index (χ2n) is 6.75. The molecule has 0 bridgehead atoms. The molecule has 25 heavy (non-hydrogen) atoms. The first-order valence-electron chi connectivity index (χ1n) is 8.54. The number of carbonyl (C=O) groups is 2. The van der Waals surface area contributed by atoms with Crippen LogP contribution < -0.4 is 0 Å². The molecule has 2 aromatic carbocycles. The molecular formula is C21H22O4. The SMILES string of the molecule is CC(C)OC(=O)C1[C@H](c2ccccc2)C(C(=O)O)[C@H]1c1ccccc1. The van der Waals surface area contributed by atoms with Crippen LogP contribution in [0.25, 0.3) is 0 Å². The third kappa shape index (κ3) is 3.29. The molecule has 0 aliphatic heterocycles. The van der Waals surface area contributed by atoms with Gasteiger partial charge >= 0.3 is 11.9 Å². The van der Waals surface area contributed by atoms with Crippen molar-refractivity contribution in [2.24, 2.45) is 11.8 Å². The van der Waals surface area contributed by atoms with Gasteiger partial charge in [0.25, 0.3) is 0 Å². The lowest BCUT2D eigenvalue weighted by Crippen LogP contribution is -2.51. The van der Waals surface area contributed by atoms with Crippen molar-refractivity contribution in [2.45, 2.75) is 31.8 Å². The van der Waals surface area contributed by atoms with E-state index in [-0.39, 0.29) is 23.9 Å². The van der Waals surface area contributed by atoms with E-state index in [2.05, 4.69) is 0 Å². The quantitative estimate of drug-likeness (QED) is 0.842. The van der Waals surface area contributed by atoms with Gasteiger partial charge in [-0.05, 0) is 25.0 Å². The van der Waals surface area contributed by atoms with Crippen LogP contribution in [-0.4, -0.2) is 23.1 Å². The van der Waals surface area contributed by atoms with Crippen LogP contribution >= 0.6 is 0 Å². The summed E-state index contributed by atoms with van der Waals surface area (Å²) < 4.78 is 5.45. The van der Waals surface area contributed by atoms with Crippen LogP contribution in [0.15, 0.2) is 60.7 Å². The zero-order valence-electron chi connectivity index (χ0n) is 14.3. The lowest BCUT2D eigenvalue weighted by molar-refractivity contribution is -0.166. The summed E-state index contributed by atoms with van der Waals surface area (Å²) in [5.41, 5.74) is 1.74. The lowest BCUT2D eigenvalue weighted by Gasteiger charge is -2.49. The summed E-state index contributed by atoms with van der Waals surface area (Å²) in [6.07, 6.45) is -0.232. The van der Waals surface area contributed by atoms with Crippen molar-refractivity contribution < 1.29 is 19.4 Å². The number of hydrogen-bond acceptors (Lipinski definition) is 3. The van der Waals surface area contributed by atoms with Crippen molar-refractivity contribution in [2.75, 3.05) is 0 Å². The molecule has 0 unspecified atom stereocenters. The highest BCUT2D eigenvalue weighted by atomic mass is 16.5. The minimum Gasteiger partial charge on any atom is -0.481 e. The molecule has 2 atom stereocenters. The predicted molar refractivity (Wildman–Crippen MR) is 94.2 cm³/mol. The van der Waals surface area contributed by atoms with E-state index in [4.69, 9.17) is 4.74 Å². The summed E-state index contributed by atoms with van der Waals surface area (Å²) in [5.74, 6) is -3.10. The van der Waals surface area contributed by atoms with Crippen LogP contribution in [0.3, 0.4) is 0 Å². The Kier molecular flexibility index (Phi) is 4.88. The zero-order valence-corrected chi connectivity index (χ0v) is 14.3. The predicted octanol–water partition coefficient (Wildman–Crippen LogP) is 3.84. The van der Waals surface area contributed by atoms with E-state index in [0.29, 0.717) is 0 Å². The molecule has 0 radical (unpaired) electrons. The first-order chi connectivity index (χ1) is 12.0. The molecule has 1 saturated carbocycles. The highest BCUT2D eigenvalue weighted by molar-refractivity contribution is 5.84. The Morgan fingerprint density at radius 1 is 0.840 bits per heavy atom. The summed E-state index contributed by atoms with van der Waals surface area (Å²) in [5, 5.41) is 9.83. The highest BCUT2D eigenvalue weighted by Crippen LogP contribution is 2.58. The topological polar surface area (TPSA) is 63.6 Å². The Balaban J connectivity index is 2.03. The van der Waals surface area contributed by atoms with Gasteiger partial charge in [-0.1, -0.05) is 60.7 Å². The van der Waals surface area contributed by atoms with Crippen LogP contribution in [-0.2, 0) is 14.3 Å². The number of carboxylic acid groups (broad SMARTS) is 1. The smallest absolute Gasteiger partial charge is 0.310 e. The van der Waals surface area contributed by atoms with Crippen LogP contribution in [0.1, 0.15) is 36.8 Å². The molecule has 1 aliphatic carbocycles. The van der Waals surface area contributed by atoms with Crippen molar-refractivity contribution in [3.05, 3.63) is 71.8 Å². The maximum Gasteiger partial charge on any atom is 0.310 e. The fraction of sp³-hybridized carbons (Fsp3) is 0.333. The minimum absolute atomic E-state index is 0.232. The minimum atomic E-state index is -0.878. The van der Waals surface area contributed by atoms with E-state index in [0.717, 1.165) is 11.1 Å². The van der Waals surface area contributed by atoms with E-state index in [1.807, 2.05) is 60.7 Å². The van der Waals surface area contributed by atoms with E-state index >= 15 is 0 Å². The van der Waals surface area contributed by atoms with Crippen LogP contribution in [0.5, 0.6) is 0 Å². The number of benzene rings is 2. The van der Waals surface area contributed by atoms with E-state index < -0.39 is 17.8 Å². The molecule has 1 N–H and O–H groups in total. The van der Waals surface area contributed by atoms with Gasteiger partial charge in [-0.15, -0.1) is 0 Å². The number of rotatable bonds is 5. The maximum atomic E-state index is 12.8. The van der Waals surface area contributed by atoms with Crippen molar-refractivity contribution in [1.82, 2.24) is 0 Å². The molecular weight excluding hydrogens is 316 g/mol. The van der Waals surface area contributed by atoms with Gasteiger partial charge in [0.1, 0.15) is 0 Å². The van der Waals surface area contributed by atoms with Crippen LogP contribution in [0.4, 0.5) is 0 Å². The normalized spacial score (nSPS) is 25.2. The first-order valence-corrected chi connectivity index (χ1v) is 8.54. The molecule has 1 aliphatic rings. The fourth-order valence-electron chi connectivity index (χ4n) is 3.84. The Morgan fingerprint density at radius 2 is 1.28 bits per heavy atom. The third-order valence-electron chi connectivity index (χ3n) is 4.83. The maximum absolute atomic E-state index is 12.8. The first kappa shape index (κ1) is 17.2. The van der Waals surface area contributed by atoms with E-state index in [1.165, 1.54) is 0 Å². The molecule has 0 aromatic heterocycles. The Bertz CT molecular complexity index is 692. The van der Waals surface area contributed by atoms with Gasteiger partial charge in [0.2, 0.25) is 0 Å². The second-order valence-corrected chi connectivity index (χ2v) is 6.75. The summed E-state index contributed by atoms with van der Waals surface area (Å²) in [6, 6.07) is 18.8. The highest BCUT2D eigenvalue weighted by Gasteiger charge is 2.59. The number of ether oxygens (including phenoxy) is 1. The van der Waals surface area contributed by atoms with Gasteiger partial charge in [0.15, 0.2) is 0 Å². The molecule has 4 nitrogen and oxygen atoms in total. The van der Waals surface area contributed by atoms with Gasteiger partial charge in [-0.2, -0.15) is 0 Å². The van der Waals surface area contributed by atoms with Crippen molar-refractivity contribution in [3.63, 3.8) is 0 Å². The Hall–Kier alpha value is -2.62. The zero-order chi connectivity index (χ0) is 18.0. The van der Waals surface area contributed by atoms with Crippen molar-refractivity contribution >= 4 is 11.9 Å². The number of carbonyl (C=O) groups excluding carboxylic acids is 1. The summed E-state index contributed by atoms with van der Waals surface area (Å²) in [4.78, 5) is 24.7. The van der Waals surface area contributed by atoms with Crippen LogP contribution in [0, 0.1) is 11.8 Å². The molecule has 0 heterocycles.